The molecule has 9 nitrogen and oxygen atoms in total. The molecule has 0 saturated heterocycles. The van der Waals surface area contributed by atoms with Crippen molar-refractivity contribution in [3.63, 3.8) is 0 Å². The van der Waals surface area contributed by atoms with Crippen LogP contribution < -0.4 is 10.9 Å². The van der Waals surface area contributed by atoms with E-state index < -0.39 is 11.6 Å². The second-order valence-electron chi connectivity index (χ2n) is 10.7. The number of carbonyl (C=O) groups is 2. The number of aliphatic hydroxyl groups is 1. The number of aromatic nitrogens is 2. The smallest absolute Gasteiger partial charge is 0.343 e. The van der Waals surface area contributed by atoms with E-state index in [-0.39, 0.29) is 54.0 Å². The van der Waals surface area contributed by atoms with Gasteiger partial charge in [-0.05, 0) is 56.0 Å². The van der Waals surface area contributed by atoms with Crippen molar-refractivity contribution in [2.75, 3.05) is 20.6 Å². The van der Waals surface area contributed by atoms with Gasteiger partial charge in [0.2, 0.25) is 5.91 Å². The van der Waals surface area contributed by atoms with Crippen molar-refractivity contribution in [1.29, 1.82) is 0 Å². The maximum absolute atomic E-state index is 15.1. The SMILES string of the molecule is CC[C@@]1(O)C(=O)OCc2c1cc1n(c2=O)Cc2c-1nc1cc(F)c(C)c3c1c2[C@@H](N(C)C(=O)CCNC)CC3. The van der Waals surface area contributed by atoms with Gasteiger partial charge in [-0.25, -0.2) is 14.2 Å². The number of carbonyl (C=O) groups excluding carboxylic acids is 2. The lowest BCUT2D eigenvalue weighted by molar-refractivity contribution is -0.172. The molecule has 0 bridgehead atoms. The van der Waals surface area contributed by atoms with Gasteiger partial charge in [0.15, 0.2) is 5.60 Å². The van der Waals surface area contributed by atoms with E-state index in [9.17, 15) is 19.5 Å². The summed E-state index contributed by atoms with van der Waals surface area (Å²) in [6, 6.07) is 2.80. The summed E-state index contributed by atoms with van der Waals surface area (Å²) in [5.74, 6) is -1.15. The molecule has 3 aliphatic rings. The Balaban J connectivity index is 1.62. The van der Waals surface area contributed by atoms with Gasteiger partial charge in [0.1, 0.15) is 12.4 Å². The predicted molar refractivity (Wildman–Crippen MR) is 142 cm³/mol. The molecule has 3 aromatic rings. The first-order chi connectivity index (χ1) is 18.6. The molecule has 39 heavy (non-hydrogen) atoms. The highest BCUT2D eigenvalue weighted by Crippen LogP contribution is 2.47. The van der Waals surface area contributed by atoms with Crippen molar-refractivity contribution in [2.45, 2.75) is 64.3 Å². The van der Waals surface area contributed by atoms with Gasteiger partial charge in [-0.1, -0.05) is 6.92 Å². The molecule has 6 rings (SSSR count). The summed E-state index contributed by atoms with van der Waals surface area (Å²) in [5, 5.41) is 15.0. The van der Waals surface area contributed by atoms with Crippen molar-refractivity contribution in [3.05, 3.63) is 61.7 Å². The number of aryl methyl sites for hydroxylation is 1. The number of nitrogens with one attached hydrogen (secondary N) is 1. The number of hydrogen-bond donors (Lipinski definition) is 2. The van der Waals surface area contributed by atoms with Gasteiger partial charge < -0.3 is 24.6 Å². The van der Waals surface area contributed by atoms with Crippen LogP contribution in [-0.4, -0.2) is 52.1 Å². The average Bonchev–Trinajstić information content (AvgIpc) is 3.30. The number of esters is 1. The summed E-state index contributed by atoms with van der Waals surface area (Å²) in [4.78, 5) is 46.0. The van der Waals surface area contributed by atoms with Gasteiger partial charge >= 0.3 is 5.97 Å². The molecule has 204 valence electrons. The third-order valence-corrected chi connectivity index (χ3v) is 8.80. The Bertz CT molecular complexity index is 1650. The van der Waals surface area contributed by atoms with E-state index in [0.29, 0.717) is 48.3 Å². The molecule has 2 atom stereocenters. The van der Waals surface area contributed by atoms with Crippen LogP contribution in [-0.2, 0) is 39.5 Å². The predicted octanol–water partition coefficient (Wildman–Crippen LogP) is 2.58. The molecule has 0 saturated carbocycles. The van der Waals surface area contributed by atoms with Gasteiger partial charge in [0.25, 0.3) is 5.56 Å². The Labute approximate surface area is 224 Å². The van der Waals surface area contributed by atoms with E-state index in [0.717, 1.165) is 22.1 Å². The molecule has 10 heteroatoms. The average molecular weight is 535 g/mol. The Morgan fingerprint density at radius 1 is 1.31 bits per heavy atom. The van der Waals surface area contributed by atoms with Crippen molar-refractivity contribution in [2.24, 2.45) is 0 Å². The van der Waals surface area contributed by atoms with E-state index in [4.69, 9.17) is 9.72 Å². The van der Waals surface area contributed by atoms with Crippen LogP contribution in [0, 0.1) is 12.7 Å². The van der Waals surface area contributed by atoms with Crippen LogP contribution in [0.5, 0.6) is 0 Å². The first kappa shape index (κ1) is 25.6. The molecule has 0 radical (unpaired) electrons. The lowest BCUT2D eigenvalue weighted by Crippen LogP contribution is -2.44. The summed E-state index contributed by atoms with van der Waals surface area (Å²) in [6.07, 6.45) is 1.60. The standard InChI is InChI=1S/C29H31FN4O5/c1-5-29(38)18-10-22-26-16(12-34(22)27(36)17(18)13-39-28(29)37)25-21(33(4)23(35)8-9-31-3)7-6-15-14(2)19(30)11-20(32-26)24(15)25/h10-11,21,31,38H,5-9,12-13H2,1-4H3/t21-,29-/m0/s1. The van der Waals surface area contributed by atoms with Crippen LogP contribution in [0.1, 0.15) is 65.6 Å². The molecular weight excluding hydrogens is 503 g/mol. The number of ether oxygens (including phenoxy) is 1. The third kappa shape index (κ3) is 3.50. The first-order valence-corrected chi connectivity index (χ1v) is 13.3. The largest absolute Gasteiger partial charge is 0.458 e. The zero-order chi connectivity index (χ0) is 27.8. The Hall–Kier alpha value is -3.63. The Kier molecular flexibility index (Phi) is 5.89. The van der Waals surface area contributed by atoms with Crippen LogP contribution in [0.3, 0.4) is 0 Å². The van der Waals surface area contributed by atoms with Gasteiger partial charge in [-0.2, -0.15) is 0 Å². The molecule has 4 heterocycles. The van der Waals surface area contributed by atoms with Crippen molar-refractivity contribution in [3.8, 4) is 11.4 Å². The maximum atomic E-state index is 15.1. The molecule has 0 unspecified atom stereocenters. The quantitative estimate of drug-likeness (QED) is 0.379. The fourth-order valence-corrected chi connectivity index (χ4v) is 6.50. The molecule has 2 aliphatic heterocycles. The van der Waals surface area contributed by atoms with E-state index in [1.807, 2.05) is 0 Å². The van der Waals surface area contributed by atoms with Crippen LogP contribution in [0.25, 0.3) is 22.3 Å². The molecule has 1 aromatic carbocycles. The summed E-state index contributed by atoms with van der Waals surface area (Å²) >= 11 is 0. The third-order valence-electron chi connectivity index (χ3n) is 8.80. The van der Waals surface area contributed by atoms with E-state index >= 15 is 4.39 Å². The zero-order valence-electron chi connectivity index (χ0n) is 22.5. The highest BCUT2D eigenvalue weighted by molar-refractivity contribution is 5.94. The van der Waals surface area contributed by atoms with Crippen LogP contribution in [0.15, 0.2) is 16.9 Å². The number of nitrogens with zero attached hydrogens (tertiary/aromatic N) is 3. The topological polar surface area (TPSA) is 114 Å². The number of cyclic esters (lactones) is 1. The number of halogens is 1. The van der Waals surface area contributed by atoms with Crippen LogP contribution >= 0.6 is 0 Å². The minimum Gasteiger partial charge on any atom is -0.458 e. The molecule has 2 aromatic heterocycles. The van der Waals surface area contributed by atoms with Gasteiger partial charge in [0.05, 0.1) is 35.1 Å². The molecule has 2 N–H and O–H groups in total. The number of rotatable bonds is 5. The first-order valence-electron chi connectivity index (χ1n) is 13.3. The fraction of sp³-hybridized carbons (Fsp3) is 0.448. The molecule has 0 fully saturated rings. The van der Waals surface area contributed by atoms with E-state index in [1.165, 1.54) is 6.07 Å². The highest BCUT2D eigenvalue weighted by atomic mass is 19.1. The van der Waals surface area contributed by atoms with Crippen molar-refractivity contribution < 1.29 is 23.8 Å². The number of amides is 1. The number of hydrogen-bond acceptors (Lipinski definition) is 7. The zero-order valence-corrected chi connectivity index (χ0v) is 22.5. The number of pyridine rings is 2. The molecule has 1 amide bonds. The minimum absolute atomic E-state index is 0.0119. The van der Waals surface area contributed by atoms with Crippen LogP contribution in [0.4, 0.5) is 4.39 Å². The van der Waals surface area contributed by atoms with E-state index in [2.05, 4.69) is 5.32 Å². The van der Waals surface area contributed by atoms with Gasteiger partial charge in [-0.15, -0.1) is 0 Å². The summed E-state index contributed by atoms with van der Waals surface area (Å²) in [6.45, 7) is 3.98. The lowest BCUT2D eigenvalue weighted by atomic mass is 9.81. The van der Waals surface area contributed by atoms with Crippen molar-refractivity contribution >= 4 is 22.8 Å². The van der Waals surface area contributed by atoms with E-state index in [1.54, 1.807) is 43.5 Å². The second-order valence-corrected chi connectivity index (χ2v) is 10.7. The van der Waals surface area contributed by atoms with Gasteiger partial charge in [0, 0.05) is 42.6 Å². The maximum Gasteiger partial charge on any atom is 0.343 e. The monoisotopic (exact) mass is 534 g/mol. The number of benzene rings is 1. The summed E-state index contributed by atoms with van der Waals surface area (Å²) in [5.41, 5.74) is 2.75. The van der Waals surface area contributed by atoms with Gasteiger partial charge in [-0.3, -0.25) is 9.59 Å². The van der Waals surface area contributed by atoms with Crippen LogP contribution in [0.2, 0.25) is 0 Å². The summed E-state index contributed by atoms with van der Waals surface area (Å²) in [7, 11) is 3.59. The van der Waals surface area contributed by atoms with Crippen molar-refractivity contribution in [1.82, 2.24) is 19.8 Å². The molecule has 0 spiro atoms. The Morgan fingerprint density at radius 2 is 2.08 bits per heavy atom. The fourth-order valence-electron chi connectivity index (χ4n) is 6.50. The molecule has 1 aliphatic carbocycles. The summed E-state index contributed by atoms with van der Waals surface area (Å²) < 4.78 is 21.8. The lowest BCUT2D eigenvalue weighted by Gasteiger charge is -2.35. The molecular formula is C29H31FN4O5. The highest BCUT2D eigenvalue weighted by Gasteiger charge is 2.46. The number of fused-ring (bicyclic) bond motifs is 5. The normalized spacial score (nSPS) is 20.9. The minimum atomic E-state index is -1.94. The Morgan fingerprint density at radius 3 is 2.79 bits per heavy atom. The second kappa shape index (κ2) is 8.96.